The standard InChI is InChI=1S/C13H21N3O5/c1-5-8-10(18)14-9(17)7-15(8)12(21)16(6-2)13(3,4)11(19)20/h8H,5-7H2,1-4H3,(H,19,20)(H,14,17,18). The Morgan fingerprint density at radius 3 is 2.38 bits per heavy atom. The van der Waals surface area contributed by atoms with Crippen LogP contribution in [0.2, 0.25) is 0 Å². The molecule has 21 heavy (non-hydrogen) atoms. The van der Waals surface area contributed by atoms with Crippen LogP contribution >= 0.6 is 0 Å². The molecule has 1 aliphatic rings. The summed E-state index contributed by atoms with van der Waals surface area (Å²) in [6, 6.07) is -1.39. The molecule has 1 fully saturated rings. The van der Waals surface area contributed by atoms with Gasteiger partial charge in [0.05, 0.1) is 0 Å². The van der Waals surface area contributed by atoms with Crippen molar-refractivity contribution in [3.8, 4) is 0 Å². The lowest BCUT2D eigenvalue weighted by molar-refractivity contribution is -0.148. The van der Waals surface area contributed by atoms with E-state index in [2.05, 4.69) is 5.32 Å². The number of nitrogens with zero attached hydrogens (tertiary/aromatic N) is 2. The van der Waals surface area contributed by atoms with Gasteiger partial charge in [0.1, 0.15) is 18.1 Å². The average molecular weight is 299 g/mol. The van der Waals surface area contributed by atoms with E-state index in [-0.39, 0.29) is 13.1 Å². The van der Waals surface area contributed by atoms with Crippen molar-refractivity contribution in [2.24, 2.45) is 0 Å². The van der Waals surface area contributed by atoms with Gasteiger partial charge in [-0.2, -0.15) is 0 Å². The maximum absolute atomic E-state index is 12.6. The Bertz CT molecular complexity index is 474. The zero-order valence-corrected chi connectivity index (χ0v) is 12.7. The molecule has 118 valence electrons. The molecule has 0 aromatic carbocycles. The van der Waals surface area contributed by atoms with Crippen molar-refractivity contribution in [2.75, 3.05) is 13.1 Å². The monoisotopic (exact) mass is 299 g/mol. The minimum absolute atomic E-state index is 0.154. The number of carbonyl (C=O) groups excluding carboxylic acids is 3. The zero-order chi connectivity index (χ0) is 16.4. The van der Waals surface area contributed by atoms with Gasteiger partial charge in [0.25, 0.3) is 0 Å². The van der Waals surface area contributed by atoms with Crippen molar-refractivity contribution in [2.45, 2.75) is 45.7 Å². The molecular weight excluding hydrogens is 278 g/mol. The summed E-state index contributed by atoms with van der Waals surface area (Å²) in [5, 5.41) is 11.4. The molecule has 8 nitrogen and oxygen atoms in total. The van der Waals surface area contributed by atoms with Crippen LogP contribution in [0.5, 0.6) is 0 Å². The van der Waals surface area contributed by atoms with Crippen LogP contribution in [0.4, 0.5) is 4.79 Å². The summed E-state index contributed by atoms with van der Waals surface area (Å²) in [4.78, 5) is 49.5. The van der Waals surface area contributed by atoms with Crippen molar-refractivity contribution < 1.29 is 24.3 Å². The smallest absolute Gasteiger partial charge is 0.329 e. The molecule has 0 aliphatic carbocycles. The molecule has 1 unspecified atom stereocenters. The Hall–Kier alpha value is -2.12. The number of carbonyl (C=O) groups is 4. The number of hydrogen-bond donors (Lipinski definition) is 2. The van der Waals surface area contributed by atoms with E-state index in [1.165, 1.54) is 13.8 Å². The number of rotatable bonds is 4. The molecular formula is C13H21N3O5. The predicted octanol–water partition coefficient (Wildman–Crippen LogP) is 0.0285. The Balaban J connectivity index is 3.10. The van der Waals surface area contributed by atoms with Crippen LogP contribution < -0.4 is 5.32 Å². The number of amides is 4. The van der Waals surface area contributed by atoms with E-state index in [1.54, 1.807) is 13.8 Å². The van der Waals surface area contributed by atoms with Gasteiger partial charge in [0.2, 0.25) is 11.8 Å². The van der Waals surface area contributed by atoms with Crippen molar-refractivity contribution in [3.63, 3.8) is 0 Å². The number of piperazine rings is 1. The van der Waals surface area contributed by atoms with Gasteiger partial charge in [-0.25, -0.2) is 9.59 Å². The molecule has 1 atom stereocenters. The summed E-state index contributed by atoms with van der Waals surface area (Å²) in [7, 11) is 0. The Morgan fingerprint density at radius 2 is 1.95 bits per heavy atom. The molecule has 2 N–H and O–H groups in total. The lowest BCUT2D eigenvalue weighted by Crippen LogP contribution is -2.65. The first kappa shape index (κ1) is 16.9. The molecule has 8 heteroatoms. The van der Waals surface area contributed by atoms with Gasteiger partial charge in [-0.1, -0.05) is 6.92 Å². The van der Waals surface area contributed by atoms with Crippen LogP contribution in [0.1, 0.15) is 34.1 Å². The van der Waals surface area contributed by atoms with E-state index in [9.17, 15) is 24.3 Å². The predicted molar refractivity (Wildman–Crippen MR) is 73.4 cm³/mol. The normalized spacial score (nSPS) is 19.2. The Kier molecular flexibility index (Phi) is 4.93. The summed E-state index contributed by atoms with van der Waals surface area (Å²) in [5.41, 5.74) is -1.43. The number of likely N-dealkylation sites (N-methyl/N-ethyl adjacent to an activating group) is 1. The molecule has 1 saturated heterocycles. The first-order valence-corrected chi connectivity index (χ1v) is 6.82. The van der Waals surface area contributed by atoms with Gasteiger partial charge < -0.3 is 14.9 Å². The Labute approximate surface area is 123 Å². The maximum Gasteiger partial charge on any atom is 0.329 e. The van der Waals surface area contributed by atoms with Crippen molar-refractivity contribution >= 4 is 23.8 Å². The van der Waals surface area contributed by atoms with Crippen LogP contribution in [0, 0.1) is 0 Å². The number of carboxylic acid groups (broad SMARTS) is 1. The molecule has 0 bridgehead atoms. The van der Waals surface area contributed by atoms with Crippen LogP contribution in [0.3, 0.4) is 0 Å². The van der Waals surface area contributed by atoms with Gasteiger partial charge in [-0.3, -0.25) is 14.9 Å². The minimum atomic E-state index is -1.43. The van der Waals surface area contributed by atoms with Crippen molar-refractivity contribution in [1.29, 1.82) is 0 Å². The highest BCUT2D eigenvalue weighted by molar-refractivity contribution is 6.04. The van der Waals surface area contributed by atoms with Crippen LogP contribution in [-0.2, 0) is 14.4 Å². The first-order valence-electron chi connectivity index (χ1n) is 6.82. The van der Waals surface area contributed by atoms with Crippen molar-refractivity contribution in [3.05, 3.63) is 0 Å². The fourth-order valence-corrected chi connectivity index (χ4v) is 2.31. The molecule has 0 aromatic rings. The second-order valence-corrected chi connectivity index (χ2v) is 5.36. The highest BCUT2D eigenvalue weighted by atomic mass is 16.4. The fraction of sp³-hybridized carbons (Fsp3) is 0.692. The molecule has 0 aromatic heterocycles. The van der Waals surface area contributed by atoms with E-state index >= 15 is 0 Å². The van der Waals surface area contributed by atoms with Gasteiger partial charge in [0, 0.05) is 6.54 Å². The average Bonchev–Trinajstić information content (AvgIpc) is 2.37. The molecule has 0 spiro atoms. The van der Waals surface area contributed by atoms with Gasteiger partial charge in [-0.05, 0) is 27.2 Å². The summed E-state index contributed by atoms with van der Waals surface area (Å²) < 4.78 is 0. The molecule has 1 heterocycles. The molecule has 1 rings (SSSR count). The molecule has 1 aliphatic heterocycles. The number of imide groups is 1. The van der Waals surface area contributed by atoms with Crippen LogP contribution in [0.25, 0.3) is 0 Å². The van der Waals surface area contributed by atoms with E-state index < -0.39 is 35.4 Å². The highest BCUT2D eigenvalue weighted by Gasteiger charge is 2.43. The van der Waals surface area contributed by atoms with E-state index in [4.69, 9.17) is 0 Å². The van der Waals surface area contributed by atoms with Crippen molar-refractivity contribution in [1.82, 2.24) is 15.1 Å². The summed E-state index contributed by atoms with van der Waals surface area (Å²) in [6.45, 7) is 6.08. The van der Waals surface area contributed by atoms with E-state index in [0.717, 1.165) is 9.80 Å². The number of carboxylic acids is 1. The SMILES string of the molecule is CCC1C(=O)NC(=O)CN1C(=O)N(CC)C(C)(C)C(=O)O. The number of urea groups is 1. The third kappa shape index (κ3) is 3.14. The van der Waals surface area contributed by atoms with E-state index in [1.807, 2.05) is 0 Å². The second kappa shape index (κ2) is 6.11. The molecule has 0 saturated carbocycles. The zero-order valence-electron chi connectivity index (χ0n) is 12.7. The summed E-state index contributed by atoms with van der Waals surface area (Å²) in [6.07, 6.45) is 0.343. The van der Waals surface area contributed by atoms with Gasteiger partial charge in [-0.15, -0.1) is 0 Å². The Morgan fingerprint density at radius 1 is 1.38 bits per heavy atom. The minimum Gasteiger partial charge on any atom is -0.480 e. The fourth-order valence-electron chi connectivity index (χ4n) is 2.31. The molecule has 4 amide bonds. The lowest BCUT2D eigenvalue weighted by atomic mass is 10.0. The number of nitrogens with one attached hydrogen (secondary N) is 1. The van der Waals surface area contributed by atoms with E-state index in [0.29, 0.717) is 6.42 Å². The third-order valence-electron chi connectivity index (χ3n) is 3.63. The first-order chi connectivity index (χ1) is 9.66. The summed E-state index contributed by atoms with van der Waals surface area (Å²) >= 11 is 0. The topological polar surface area (TPSA) is 107 Å². The lowest BCUT2D eigenvalue weighted by Gasteiger charge is -2.41. The third-order valence-corrected chi connectivity index (χ3v) is 3.63. The maximum atomic E-state index is 12.6. The van der Waals surface area contributed by atoms with Crippen LogP contribution in [-0.4, -0.2) is 63.4 Å². The highest BCUT2D eigenvalue weighted by Crippen LogP contribution is 2.20. The van der Waals surface area contributed by atoms with Gasteiger partial charge >= 0.3 is 12.0 Å². The number of aliphatic carboxylic acids is 1. The second-order valence-electron chi connectivity index (χ2n) is 5.36. The van der Waals surface area contributed by atoms with Crippen LogP contribution in [0.15, 0.2) is 0 Å². The largest absolute Gasteiger partial charge is 0.480 e. The molecule has 0 radical (unpaired) electrons. The quantitative estimate of drug-likeness (QED) is 0.712. The summed E-state index contributed by atoms with van der Waals surface area (Å²) in [5.74, 6) is -2.26. The number of hydrogen-bond acceptors (Lipinski definition) is 4. The van der Waals surface area contributed by atoms with Gasteiger partial charge in [0.15, 0.2) is 0 Å².